The highest BCUT2D eigenvalue weighted by Crippen LogP contribution is 2.33. The predicted molar refractivity (Wildman–Crippen MR) is 81.8 cm³/mol. The number of ether oxygens (including phenoxy) is 1. The van der Waals surface area contributed by atoms with Crippen molar-refractivity contribution in [2.24, 2.45) is 0 Å². The highest BCUT2D eigenvalue weighted by molar-refractivity contribution is 6.34. The van der Waals surface area contributed by atoms with Crippen LogP contribution in [0, 0.1) is 0 Å². The standard InChI is InChI=1S/C15H16ClN3O2/c1-2-3-4-9-8-21-15(20)12-13(18-9)10-7-17-6-5-11(10)19-14(12)16/h5-7,9,18H,2-4,8H2,1H3. The van der Waals surface area contributed by atoms with Gasteiger partial charge < -0.3 is 10.1 Å². The Morgan fingerprint density at radius 1 is 1.52 bits per heavy atom. The predicted octanol–water partition coefficient (Wildman–Crippen LogP) is 3.42. The van der Waals surface area contributed by atoms with Gasteiger partial charge in [-0.3, -0.25) is 4.98 Å². The van der Waals surface area contributed by atoms with E-state index in [9.17, 15) is 4.79 Å². The highest BCUT2D eigenvalue weighted by Gasteiger charge is 2.27. The van der Waals surface area contributed by atoms with Crippen LogP contribution >= 0.6 is 11.6 Å². The number of fused-ring (bicyclic) bond motifs is 3. The summed E-state index contributed by atoms with van der Waals surface area (Å²) < 4.78 is 5.32. The Bertz CT molecular complexity index is 690. The molecular formula is C15H16ClN3O2. The molecule has 3 rings (SSSR count). The van der Waals surface area contributed by atoms with Crippen LogP contribution in [-0.2, 0) is 4.74 Å². The van der Waals surface area contributed by atoms with E-state index in [1.807, 2.05) is 0 Å². The van der Waals surface area contributed by atoms with Gasteiger partial charge in [-0.2, -0.15) is 0 Å². The van der Waals surface area contributed by atoms with Gasteiger partial charge in [-0.25, -0.2) is 9.78 Å². The van der Waals surface area contributed by atoms with Crippen LogP contribution < -0.4 is 5.32 Å². The number of hydrogen-bond acceptors (Lipinski definition) is 5. The number of carbonyl (C=O) groups is 1. The third-order valence-corrected chi connectivity index (χ3v) is 3.89. The molecule has 3 heterocycles. The van der Waals surface area contributed by atoms with E-state index in [1.54, 1.807) is 18.5 Å². The van der Waals surface area contributed by atoms with Crippen LogP contribution in [0.5, 0.6) is 0 Å². The number of esters is 1. The minimum absolute atomic E-state index is 0.0806. The maximum atomic E-state index is 12.2. The van der Waals surface area contributed by atoms with Gasteiger partial charge in [0.25, 0.3) is 0 Å². The average Bonchev–Trinajstić information content (AvgIpc) is 2.65. The molecule has 1 aliphatic rings. The minimum Gasteiger partial charge on any atom is -0.460 e. The van der Waals surface area contributed by atoms with Gasteiger partial charge >= 0.3 is 5.97 Å². The molecule has 1 aliphatic heterocycles. The molecule has 0 aliphatic carbocycles. The number of nitrogens with zero attached hydrogens (tertiary/aromatic N) is 2. The van der Waals surface area contributed by atoms with Crippen LogP contribution in [0.2, 0.25) is 5.15 Å². The summed E-state index contributed by atoms with van der Waals surface area (Å²) >= 11 is 6.17. The SMILES string of the molecule is CCCCC1COC(=O)c2c(Cl)nc3ccncc3c2N1. The van der Waals surface area contributed by atoms with Gasteiger partial charge in [-0.15, -0.1) is 0 Å². The van der Waals surface area contributed by atoms with Gasteiger partial charge in [0, 0.05) is 17.8 Å². The van der Waals surface area contributed by atoms with Gasteiger partial charge in [-0.1, -0.05) is 31.4 Å². The van der Waals surface area contributed by atoms with Crippen molar-refractivity contribution in [3.63, 3.8) is 0 Å². The molecule has 0 saturated heterocycles. The van der Waals surface area contributed by atoms with E-state index in [-0.39, 0.29) is 11.2 Å². The Balaban J connectivity index is 2.11. The topological polar surface area (TPSA) is 64.1 Å². The molecule has 6 heteroatoms. The van der Waals surface area contributed by atoms with E-state index >= 15 is 0 Å². The number of anilines is 1. The summed E-state index contributed by atoms with van der Waals surface area (Å²) in [5.41, 5.74) is 1.70. The second kappa shape index (κ2) is 5.85. The molecule has 0 saturated carbocycles. The lowest BCUT2D eigenvalue weighted by molar-refractivity contribution is 0.0497. The van der Waals surface area contributed by atoms with Crippen LogP contribution in [0.4, 0.5) is 5.69 Å². The molecule has 5 nitrogen and oxygen atoms in total. The lowest BCUT2D eigenvalue weighted by Gasteiger charge is -2.17. The van der Waals surface area contributed by atoms with E-state index < -0.39 is 5.97 Å². The number of carbonyl (C=O) groups excluding carboxylic acids is 1. The third-order valence-electron chi connectivity index (χ3n) is 3.62. The number of hydrogen-bond donors (Lipinski definition) is 1. The fourth-order valence-corrected chi connectivity index (χ4v) is 2.78. The van der Waals surface area contributed by atoms with Crippen LogP contribution in [-0.4, -0.2) is 28.6 Å². The van der Waals surface area contributed by atoms with Crippen LogP contribution in [0.25, 0.3) is 10.9 Å². The molecular weight excluding hydrogens is 290 g/mol. The molecule has 0 fully saturated rings. The summed E-state index contributed by atoms with van der Waals surface area (Å²) in [5, 5.41) is 4.35. The summed E-state index contributed by atoms with van der Waals surface area (Å²) in [6.07, 6.45) is 6.45. The quantitative estimate of drug-likeness (QED) is 0.695. The summed E-state index contributed by atoms with van der Waals surface area (Å²) in [4.78, 5) is 20.6. The molecule has 0 radical (unpaired) electrons. The minimum atomic E-state index is -0.431. The molecule has 0 bridgehead atoms. The zero-order chi connectivity index (χ0) is 14.8. The Hall–Kier alpha value is -1.88. The fourth-order valence-electron chi connectivity index (χ4n) is 2.51. The molecule has 0 spiro atoms. The van der Waals surface area contributed by atoms with Crippen molar-refractivity contribution in [2.75, 3.05) is 11.9 Å². The Kier molecular flexibility index (Phi) is 3.92. The van der Waals surface area contributed by atoms with E-state index in [4.69, 9.17) is 16.3 Å². The number of nitrogens with one attached hydrogen (secondary N) is 1. The Morgan fingerprint density at radius 2 is 2.38 bits per heavy atom. The van der Waals surface area contributed by atoms with Gasteiger partial charge in [0.05, 0.1) is 17.2 Å². The number of pyridine rings is 2. The normalized spacial score (nSPS) is 17.8. The molecule has 21 heavy (non-hydrogen) atoms. The van der Waals surface area contributed by atoms with Crippen molar-refractivity contribution < 1.29 is 9.53 Å². The first kappa shape index (κ1) is 14.1. The summed E-state index contributed by atoms with van der Waals surface area (Å²) in [6, 6.07) is 1.86. The van der Waals surface area contributed by atoms with Crippen molar-refractivity contribution in [1.82, 2.24) is 9.97 Å². The van der Waals surface area contributed by atoms with Gasteiger partial charge in [0.15, 0.2) is 0 Å². The second-order valence-corrected chi connectivity index (χ2v) is 5.49. The lowest BCUT2D eigenvalue weighted by Crippen LogP contribution is -2.24. The smallest absolute Gasteiger partial charge is 0.343 e. The van der Waals surface area contributed by atoms with Gasteiger partial charge in [0.2, 0.25) is 0 Å². The Morgan fingerprint density at radius 3 is 3.19 bits per heavy atom. The van der Waals surface area contributed by atoms with Crippen LogP contribution in [0.3, 0.4) is 0 Å². The van der Waals surface area contributed by atoms with Crippen molar-refractivity contribution in [2.45, 2.75) is 32.2 Å². The molecule has 2 aromatic heterocycles. The van der Waals surface area contributed by atoms with E-state index in [0.717, 1.165) is 24.6 Å². The van der Waals surface area contributed by atoms with Crippen molar-refractivity contribution in [1.29, 1.82) is 0 Å². The second-order valence-electron chi connectivity index (χ2n) is 5.13. The monoisotopic (exact) mass is 305 g/mol. The Labute approximate surface area is 127 Å². The molecule has 2 aromatic rings. The number of unbranched alkanes of at least 4 members (excludes halogenated alkanes) is 1. The van der Waals surface area contributed by atoms with Crippen LogP contribution in [0.1, 0.15) is 36.5 Å². The van der Waals surface area contributed by atoms with Crippen LogP contribution in [0.15, 0.2) is 18.5 Å². The molecule has 1 N–H and O–H groups in total. The summed E-state index contributed by atoms with van der Waals surface area (Å²) in [5.74, 6) is -0.431. The summed E-state index contributed by atoms with van der Waals surface area (Å²) in [7, 11) is 0. The zero-order valence-corrected chi connectivity index (χ0v) is 12.5. The summed E-state index contributed by atoms with van der Waals surface area (Å²) in [6.45, 7) is 2.47. The van der Waals surface area contributed by atoms with E-state index in [2.05, 4.69) is 22.2 Å². The van der Waals surface area contributed by atoms with Gasteiger partial charge in [0.1, 0.15) is 17.3 Å². The number of aromatic nitrogens is 2. The first-order chi connectivity index (χ1) is 10.2. The highest BCUT2D eigenvalue weighted by atomic mass is 35.5. The van der Waals surface area contributed by atoms with Crippen molar-refractivity contribution in [3.8, 4) is 0 Å². The van der Waals surface area contributed by atoms with E-state index in [1.165, 1.54) is 0 Å². The lowest BCUT2D eigenvalue weighted by atomic mass is 10.1. The molecule has 1 unspecified atom stereocenters. The zero-order valence-electron chi connectivity index (χ0n) is 11.7. The molecule has 0 amide bonds. The van der Waals surface area contributed by atoms with Gasteiger partial charge in [-0.05, 0) is 12.5 Å². The number of rotatable bonds is 3. The molecule has 1 atom stereocenters. The first-order valence-corrected chi connectivity index (χ1v) is 7.45. The maximum absolute atomic E-state index is 12.2. The largest absolute Gasteiger partial charge is 0.460 e. The molecule has 0 aromatic carbocycles. The van der Waals surface area contributed by atoms with E-state index in [0.29, 0.717) is 23.4 Å². The maximum Gasteiger partial charge on any atom is 0.343 e. The average molecular weight is 306 g/mol. The third kappa shape index (κ3) is 2.65. The van der Waals surface area contributed by atoms with Crippen molar-refractivity contribution in [3.05, 3.63) is 29.2 Å². The fraction of sp³-hybridized carbons (Fsp3) is 0.400. The first-order valence-electron chi connectivity index (χ1n) is 7.07. The molecule has 110 valence electrons. The number of cyclic esters (lactones) is 1. The number of halogens is 1. The van der Waals surface area contributed by atoms with Crippen molar-refractivity contribution >= 4 is 34.2 Å².